The van der Waals surface area contributed by atoms with Gasteiger partial charge in [0.05, 0.1) is 11.4 Å². The molecular weight excluding hydrogens is 326 g/mol. The van der Waals surface area contributed by atoms with E-state index >= 15 is 0 Å². The maximum atomic E-state index is 4.90. The van der Waals surface area contributed by atoms with E-state index in [-0.39, 0.29) is 0 Å². The van der Waals surface area contributed by atoms with Crippen molar-refractivity contribution in [3.63, 3.8) is 0 Å². The number of nitrogens with zero attached hydrogens (tertiary/aromatic N) is 1. The summed E-state index contributed by atoms with van der Waals surface area (Å²) in [5, 5.41) is 0. The second-order valence-electron chi connectivity index (χ2n) is 5.66. The molecule has 1 nitrogen and oxygen atoms in total. The van der Waals surface area contributed by atoms with Crippen LogP contribution in [0.1, 0.15) is 37.7 Å². The van der Waals surface area contributed by atoms with Gasteiger partial charge in [0.2, 0.25) is 0 Å². The molecule has 138 valence electrons. The summed E-state index contributed by atoms with van der Waals surface area (Å²) in [6.07, 6.45) is 23.4. The van der Waals surface area contributed by atoms with Crippen molar-refractivity contribution in [3.8, 4) is 0 Å². The van der Waals surface area contributed by atoms with E-state index in [9.17, 15) is 0 Å². The lowest BCUT2D eigenvalue weighted by molar-refractivity contribution is 1.23. The van der Waals surface area contributed by atoms with Crippen molar-refractivity contribution in [2.24, 2.45) is 0 Å². The smallest absolute Gasteiger partial charge is 0.0712 e. The van der Waals surface area contributed by atoms with Crippen molar-refractivity contribution in [2.75, 3.05) is 0 Å². The topological polar surface area (TPSA) is 12.9 Å². The van der Waals surface area contributed by atoms with Crippen LogP contribution in [0, 0.1) is 0 Å². The summed E-state index contributed by atoms with van der Waals surface area (Å²) in [7, 11) is 0. The Balaban J connectivity index is 3.74. The number of rotatable bonds is 9. The van der Waals surface area contributed by atoms with Crippen LogP contribution in [0.3, 0.4) is 0 Å². The van der Waals surface area contributed by atoms with E-state index in [1.807, 2.05) is 57.2 Å². The molecule has 0 unspecified atom stereocenters. The Labute approximate surface area is 164 Å². The largest absolute Gasteiger partial charge is 0.248 e. The Morgan fingerprint density at radius 3 is 1.70 bits per heavy atom. The molecule has 1 heteroatoms. The van der Waals surface area contributed by atoms with Crippen molar-refractivity contribution in [1.29, 1.82) is 0 Å². The number of hydrogen-bond donors (Lipinski definition) is 0. The summed E-state index contributed by atoms with van der Waals surface area (Å²) in [6.45, 7) is 17.4. The normalized spacial score (nSPS) is 13.7. The molecule has 1 aromatic rings. The molecule has 1 aromatic heterocycles. The van der Waals surface area contributed by atoms with Crippen LogP contribution in [-0.4, -0.2) is 4.98 Å². The SMILES string of the molecule is C=C/C=C\C(=C/C=C)c1cc(C(/C=C\C)=C/C)nc(C(/C=C\C=C)=C/C)c1. The third-order valence-corrected chi connectivity index (χ3v) is 3.84. The zero-order valence-corrected chi connectivity index (χ0v) is 16.7. The Morgan fingerprint density at radius 1 is 0.741 bits per heavy atom. The molecule has 0 saturated carbocycles. The number of hydrogen-bond acceptors (Lipinski definition) is 1. The Kier molecular flexibility index (Phi) is 9.88. The summed E-state index contributed by atoms with van der Waals surface area (Å²) < 4.78 is 0. The number of aromatic nitrogens is 1. The first-order valence-electron chi connectivity index (χ1n) is 9.04. The lowest BCUT2D eigenvalue weighted by atomic mass is 9.98. The highest BCUT2D eigenvalue weighted by atomic mass is 14.7. The lowest BCUT2D eigenvalue weighted by Gasteiger charge is -2.11. The zero-order chi connectivity index (χ0) is 20.1. The maximum Gasteiger partial charge on any atom is 0.0712 e. The summed E-state index contributed by atoms with van der Waals surface area (Å²) in [4.78, 5) is 4.90. The van der Waals surface area contributed by atoms with Crippen LogP contribution < -0.4 is 0 Å². The highest BCUT2D eigenvalue weighted by Crippen LogP contribution is 2.26. The van der Waals surface area contributed by atoms with Crippen molar-refractivity contribution < 1.29 is 0 Å². The molecule has 27 heavy (non-hydrogen) atoms. The molecule has 1 rings (SSSR count). The first kappa shape index (κ1) is 21.9. The molecule has 0 spiro atoms. The van der Waals surface area contributed by atoms with Gasteiger partial charge in [-0.2, -0.15) is 0 Å². The predicted octanol–water partition coefficient (Wildman–Crippen LogP) is 7.52. The summed E-state index contributed by atoms with van der Waals surface area (Å²) in [5.74, 6) is 0. The van der Waals surface area contributed by atoms with Gasteiger partial charge >= 0.3 is 0 Å². The Morgan fingerprint density at radius 2 is 1.26 bits per heavy atom. The number of allylic oxidation sites excluding steroid dienone is 15. The van der Waals surface area contributed by atoms with E-state index in [0.29, 0.717) is 0 Å². The average Bonchev–Trinajstić information content (AvgIpc) is 2.69. The molecule has 0 saturated heterocycles. The van der Waals surface area contributed by atoms with E-state index in [1.54, 1.807) is 18.2 Å². The van der Waals surface area contributed by atoms with Gasteiger partial charge in [-0.05, 0) is 55.2 Å². The molecule has 0 N–H and O–H groups in total. The standard InChI is InChI=1S/C26H29N/c1-7-13-17-22(12-6)26-20-24(23(16-10-4)18-14-8-2)19-25(27-26)21(11-5)15-9-3/h7-20H,1-2,4H2,3,5-6H3/b15-9-,17-13-,18-14-,21-11+,22-12+,23-16+. The summed E-state index contributed by atoms with van der Waals surface area (Å²) in [6, 6.07) is 4.20. The molecule has 1 heterocycles. The second kappa shape index (κ2) is 12.2. The first-order chi connectivity index (χ1) is 13.1. The van der Waals surface area contributed by atoms with E-state index in [4.69, 9.17) is 4.98 Å². The quantitative estimate of drug-likeness (QED) is 0.417. The Bertz CT molecular complexity index is 852. The zero-order valence-electron chi connectivity index (χ0n) is 16.7. The van der Waals surface area contributed by atoms with Gasteiger partial charge in [-0.1, -0.05) is 92.6 Å². The van der Waals surface area contributed by atoms with Crippen LogP contribution >= 0.6 is 0 Å². The molecular formula is C26H29N. The minimum atomic E-state index is 0.911. The highest BCUT2D eigenvalue weighted by Gasteiger charge is 2.09. The second-order valence-corrected chi connectivity index (χ2v) is 5.66. The number of pyridine rings is 1. The maximum absolute atomic E-state index is 4.90. The molecule has 0 atom stereocenters. The summed E-state index contributed by atoms with van der Waals surface area (Å²) >= 11 is 0. The fourth-order valence-electron chi connectivity index (χ4n) is 2.55. The highest BCUT2D eigenvalue weighted by molar-refractivity contribution is 5.83. The van der Waals surface area contributed by atoms with Crippen molar-refractivity contribution >= 4 is 16.7 Å². The van der Waals surface area contributed by atoms with E-state index in [0.717, 1.165) is 33.7 Å². The molecule has 0 aliphatic carbocycles. The molecule has 0 aromatic carbocycles. The predicted molar refractivity (Wildman–Crippen MR) is 123 cm³/mol. The molecule has 0 fully saturated rings. The van der Waals surface area contributed by atoms with Crippen LogP contribution in [0.2, 0.25) is 0 Å². The summed E-state index contributed by atoms with van der Waals surface area (Å²) in [5.41, 5.74) is 6.08. The van der Waals surface area contributed by atoms with Gasteiger partial charge in [0.25, 0.3) is 0 Å². The van der Waals surface area contributed by atoms with Crippen molar-refractivity contribution in [2.45, 2.75) is 20.8 Å². The minimum absolute atomic E-state index is 0.911. The van der Waals surface area contributed by atoms with Gasteiger partial charge in [-0.25, -0.2) is 4.98 Å². The van der Waals surface area contributed by atoms with E-state index in [1.165, 1.54) is 0 Å². The van der Waals surface area contributed by atoms with Gasteiger partial charge in [0.1, 0.15) is 0 Å². The van der Waals surface area contributed by atoms with Gasteiger partial charge in [-0.15, -0.1) is 0 Å². The van der Waals surface area contributed by atoms with Gasteiger partial charge < -0.3 is 0 Å². The fourth-order valence-corrected chi connectivity index (χ4v) is 2.55. The fraction of sp³-hybridized carbons (Fsp3) is 0.115. The monoisotopic (exact) mass is 355 g/mol. The third-order valence-electron chi connectivity index (χ3n) is 3.84. The van der Waals surface area contributed by atoms with Crippen LogP contribution in [0.15, 0.2) is 105 Å². The minimum Gasteiger partial charge on any atom is -0.248 e. The van der Waals surface area contributed by atoms with Crippen LogP contribution in [-0.2, 0) is 0 Å². The van der Waals surface area contributed by atoms with E-state index in [2.05, 4.69) is 50.1 Å². The Hall–Kier alpha value is -3.19. The van der Waals surface area contributed by atoms with Crippen LogP contribution in [0.25, 0.3) is 16.7 Å². The van der Waals surface area contributed by atoms with Crippen LogP contribution in [0.4, 0.5) is 0 Å². The van der Waals surface area contributed by atoms with E-state index < -0.39 is 0 Å². The van der Waals surface area contributed by atoms with Crippen LogP contribution in [0.5, 0.6) is 0 Å². The average molecular weight is 356 g/mol. The molecule has 0 aliphatic rings. The molecule has 0 amide bonds. The van der Waals surface area contributed by atoms with Gasteiger partial charge in [-0.3, -0.25) is 0 Å². The van der Waals surface area contributed by atoms with Gasteiger partial charge in [0, 0.05) is 0 Å². The third kappa shape index (κ3) is 6.56. The van der Waals surface area contributed by atoms with Crippen molar-refractivity contribution in [3.05, 3.63) is 122 Å². The molecule has 0 aliphatic heterocycles. The lowest BCUT2D eigenvalue weighted by Crippen LogP contribution is -1.97. The van der Waals surface area contributed by atoms with Crippen molar-refractivity contribution in [1.82, 2.24) is 4.98 Å². The molecule has 0 radical (unpaired) electrons. The molecule has 0 bridgehead atoms. The first-order valence-corrected chi connectivity index (χ1v) is 9.04. The van der Waals surface area contributed by atoms with Gasteiger partial charge in [0.15, 0.2) is 0 Å².